The van der Waals surface area contributed by atoms with Crippen molar-refractivity contribution in [3.63, 3.8) is 0 Å². The van der Waals surface area contributed by atoms with E-state index >= 15 is 0 Å². The molecule has 0 saturated heterocycles. The highest BCUT2D eigenvalue weighted by Gasteiger charge is 2.10. The molecule has 0 unspecified atom stereocenters. The van der Waals surface area contributed by atoms with Gasteiger partial charge in [0.1, 0.15) is 5.82 Å². The molecule has 7 heteroatoms. The van der Waals surface area contributed by atoms with Crippen molar-refractivity contribution in [1.29, 1.82) is 0 Å². The lowest BCUT2D eigenvalue weighted by atomic mass is 10.2. The minimum atomic E-state index is -0.331. The second kappa shape index (κ2) is 6.90. The standard InChI is InChI=1S/C14H15ClN4O2/c1-2-9-7-17-19-13(9)18-12(20)8-16-14(21)10-3-5-11(15)6-4-10/h3-7H,2,8H2,1H3,(H,16,21)(H2,17,18,19,20). The van der Waals surface area contributed by atoms with Gasteiger partial charge < -0.3 is 10.6 Å². The maximum Gasteiger partial charge on any atom is 0.251 e. The zero-order valence-electron chi connectivity index (χ0n) is 11.4. The fourth-order valence-corrected chi connectivity index (χ4v) is 1.86. The second-order valence-corrected chi connectivity index (χ2v) is 4.80. The lowest BCUT2D eigenvalue weighted by molar-refractivity contribution is -0.115. The zero-order valence-corrected chi connectivity index (χ0v) is 12.2. The molecule has 6 nitrogen and oxygen atoms in total. The van der Waals surface area contributed by atoms with E-state index in [0.29, 0.717) is 16.4 Å². The van der Waals surface area contributed by atoms with Crippen LogP contribution in [0.1, 0.15) is 22.8 Å². The third-order valence-corrected chi connectivity index (χ3v) is 3.13. The summed E-state index contributed by atoms with van der Waals surface area (Å²) in [6.45, 7) is 1.84. The van der Waals surface area contributed by atoms with E-state index in [1.807, 2.05) is 6.92 Å². The first-order valence-electron chi connectivity index (χ1n) is 6.46. The molecule has 0 aliphatic heterocycles. The first-order valence-corrected chi connectivity index (χ1v) is 6.83. The van der Waals surface area contributed by atoms with Crippen LogP contribution in [0.15, 0.2) is 30.5 Å². The fourth-order valence-electron chi connectivity index (χ4n) is 1.73. The summed E-state index contributed by atoms with van der Waals surface area (Å²) in [7, 11) is 0. The first-order chi connectivity index (χ1) is 10.1. The maximum absolute atomic E-state index is 11.8. The van der Waals surface area contributed by atoms with Crippen molar-refractivity contribution >= 4 is 29.2 Å². The number of benzene rings is 1. The average Bonchev–Trinajstić information content (AvgIpc) is 2.92. The summed E-state index contributed by atoms with van der Waals surface area (Å²) in [5, 5.41) is 12.3. The van der Waals surface area contributed by atoms with Gasteiger partial charge in [0.2, 0.25) is 5.91 Å². The van der Waals surface area contributed by atoms with E-state index in [4.69, 9.17) is 11.6 Å². The summed E-state index contributed by atoms with van der Waals surface area (Å²) in [6, 6.07) is 6.43. The number of aromatic amines is 1. The molecule has 3 N–H and O–H groups in total. The number of hydrogen-bond donors (Lipinski definition) is 3. The van der Waals surface area contributed by atoms with Crippen molar-refractivity contribution in [3.05, 3.63) is 46.6 Å². The van der Waals surface area contributed by atoms with Crippen LogP contribution in [-0.2, 0) is 11.2 Å². The molecule has 0 spiro atoms. The van der Waals surface area contributed by atoms with Gasteiger partial charge in [-0.3, -0.25) is 14.7 Å². The molecule has 0 atom stereocenters. The van der Waals surface area contributed by atoms with Crippen LogP contribution in [0.3, 0.4) is 0 Å². The molecule has 0 saturated carbocycles. The summed E-state index contributed by atoms with van der Waals surface area (Å²) >= 11 is 5.75. The molecule has 2 amide bonds. The Labute approximate surface area is 126 Å². The third-order valence-electron chi connectivity index (χ3n) is 2.88. The largest absolute Gasteiger partial charge is 0.343 e. The fraction of sp³-hybridized carbons (Fsp3) is 0.214. The van der Waals surface area contributed by atoms with Crippen molar-refractivity contribution in [2.24, 2.45) is 0 Å². The van der Waals surface area contributed by atoms with Crippen molar-refractivity contribution < 1.29 is 9.59 Å². The molecule has 110 valence electrons. The minimum Gasteiger partial charge on any atom is -0.343 e. The van der Waals surface area contributed by atoms with Gasteiger partial charge in [-0.05, 0) is 30.7 Å². The summed E-state index contributed by atoms with van der Waals surface area (Å²) in [4.78, 5) is 23.6. The lowest BCUT2D eigenvalue weighted by Crippen LogP contribution is -2.33. The van der Waals surface area contributed by atoms with Gasteiger partial charge in [-0.1, -0.05) is 18.5 Å². The van der Waals surface area contributed by atoms with Gasteiger partial charge in [-0.2, -0.15) is 5.10 Å². The Hall–Kier alpha value is -2.34. The van der Waals surface area contributed by atoms with E-state index in [9.17, 15) is 9.59 Å². The quantitative estimate of drug-likeness (QED) is 0.789. The number of aromatic nitrogens is 2. The summed E-state index contributed by atoms with van der Waals surface area (Å²) in [5.41, 5.74) is 1.36. The number of rotatable bonds is 5. The van der Waals surface area contributed by atoms with Gasteiger partial charge in [-0.25, -0.2) is 0 Å². The Balaban J connectivity index is 1.86. The van der Waals surface area contributed by atoms with Crippen LogP contribution in [0.5, 0.6) is 0 Å². The lowest BCUT2D eigenvalue weighted by Gasteiger charge is -2.07. The van der Waals surface area contributed by atoms with Crippen molar-refractivity contribution in [1.82, 2.24) is 15.5 Å². The molecule has 0 bridgehead atoms. The van der Waals surface area contributed by atoms with E-state index in [1.54, 1.807) is 30.5 Å². The first kappa shape index (κ1) is 15.1. The van der Waals surface area contributed by atoms with Crippen LogP contribution in [-0.4, -0.2) is 28.6 Å². The highest BCUT2D eigenvalue weighted by molar-refractivity contribution is 6.30. The molecular formula is C14H15ClN4O2. The minimum absolute atomic E-state index is 0.121. The van der Waals surface area contributed by atoms with Crippen LogP contribution in [0.4, 0.5) is 5.82 Å². The predicted octanol–water partition coefficient (Wildman–Crippen LogP) is 1.99. The number of aryl methyl sites for hydroxylation is 1. The number of carbonyl (C=O) groups is 2. The molecule has 0 aliphatic carbocycles. The Morgan fingerprint density at radius 3 is 2.67 bits per heavy atom. The zero-order chi connectivity index (χ0) is 15.2. The smallest absolute Gasteiger partial charge is 0.251 e. The SMILES string of the molecule is CCc1cn[nH]c1NC(=O)CNC(=O)c1ccc(Cl)cc1. The Morgan fingerprint density at radius 2 is 2.00 bits per heavy atom. The van der Waals surface area contributed by atoms with Gasteiger partial charge >= 0.3 is 0 Å². The Morgan fingerprint density at radius 1 is 1.29 bits per heavy atom. The van der Waals surface area contributed by atoms with Crippen molar-refractivity contribution in [2.75, 3.05) is 11.9 Å². The number of hydrogen-bond acceptors (Lipinski definition) is 3. The third kappa shape index (κ3) is 4.06. The highest BCUT2D eigenvalue weighted by Crippen LogP contribution is 2.11. The Bertz CT molecular complexity index is 637. The number of H-pyrrole nitrogens is 1. The van der Waals surface area contributed by atoms with Gasteiger partial charge in [0, 0.05) is 16.1 Å². The molecule has 1 heterocycles. The predicted molar refractivity (Wildman–Crippen MR) is 80.4 cm³/mol. The van der Waals surface area contributed by atoms with Crippen LogP contribution in [0, 0.1) is 0 Å². The van der Waals surface area contributed by atoms with Gasteiger partial charge in [0.25, 0.3) is 5.91 Å². The van der Waals surface area contributed by atoms with Gasteiger partial charge in [0.15, 0.2) is 0 Å². The van der Waals surface area contributed by atoms with E-state index in [0.717, 1.165) is 12.0 Å². The summed E-state index contributed by atoms with van der Waals surface area (Å²) in [5.74, 6) is -0.0957. The number of anilines is 1. The van der Waals surface area contributed by atoms with E-state index < -0.39 is 0 Å². The molecule has 21 heavy (non-hydrogen) atoms. The molecule has 0 fully saturated rings. The van der Waals surface area contributed by atoms with E-state index in [1.165, 1.54) is 0 Å². The number of nitrogens with zero attached hydrogens (tertiary/aromatic N) is 1. The normalized spacial score (nSPS) is 10.2. The number of halogens is 1. The van der Waals surface area contributed by atoms with Crippen LogP contribution < -0.4 is 10.6 Å². The van der Waals surface area contributed by atoms with Crippen molar-refractivity contribution in [2.45, 2.75) is 13.3 Å². The molecular weight excluding hydrogens is 292 g/mol. The van der Waals surface area contributed by atoms with E-state index in [2.05, 4.69) is 20.8 Å². The maximum atomic E-state index is 11.8. The molecule has 1 aromatic carbocycles. The Kier molecular flexibility index (Phi) is 4.94. The topological polar surface area (TPSA) is 86.9 Å². The van der Waals surface area contributed by atoms with Crippen molar-refractivity contribution in [3.8, 4) is 0 Å². The second-order valence-electron chi connectivity index (χ2n) is 4.36. The van der Waals surface area contributed by atoms with Crippen LogP contribution >= 0.6 is 11.6 Å². The number of amides is 2. The van der Waals surface area contributed by atoms with E-state index in [-0.39, 0.29) is 18.4 Å². The molecule has 1 aromatic heterocycles. The van der Waals surface area contributed by atoms with Gasteiger partial charge in [-0.15, -0.1) is 0 Å². The van der Waals surface area contributed by atoms with Gasteiger partial charge in [0.05, 0.1) is 12.7 Å². The monoisotopic (exact) mass is 306 g/mol. The molecule has 0 radical (unpaired) electrons. The summed E-state index contributed by atoms with van der Waals surface area (Å²) in [6.07, 6.45) is 2.41. The molecule has 0 aliphatic rings. The molecule has 2 rings (SSSR count). The molecule has 2 aromatic rings. The average molecular weight is 307 g/mol. The van der Waals surface area contributed by atoms with Crippen LogP contribution in [0.2, 0.25) is 5.02 Å². The van der Waals surface area contributed by atoms with Crippen LogP contribution in [0.25, 0.3) is 0 Å². The number of nitrogens with one attached hydrogen (secondary N) is 3. The summed E-state index contributed by atoms with van der Waals surface area (Å²) < 4.78 is 0. The number of carbonyl (C=O) groups excluding carboxylic acids is 2. The highest BCUT2D eigenvalue weighted by atomic mass is 35.5.